The summed E-state index contributed by atoms with van der Waals surface area (Å²) in [5.74, 6) is 2.11. The molecule has 0 aromatic heterocycles. The highest BCUT2D eigenvalue weighted by Gasteiger charge is 2.21. The number of imidazole rings is 1. The molecule has 2 aromatic rings. The lowest BCUT2D eigenvalue weighted by atomic mass is 10.0. The number of aromatic amines is 1. The van der Waals surface area contributed by atoms with E-state index in [-0.39, 0.29) is 5.56 Å². The highest BCUT2D eigenvalue weighted by atomic mass is 35.5. The molecule has 0 fully saturated rings. The Morgan fingerprint density at radius 1 is 0.977 bits per heavy atom. The standard InChI is InChI=1S/C34H37ClN4O3S/c35-28-21-26(17-18-32(28)42-19-11-3-1-2-4-12-20-43-38-41)23-30-34(40)39-24-31(27-15-9-6-10-16-27)36-29(33(39)37-30)22-25-13-7-5-8-14-25/h5,7-9,13-18,21,24,36H,1-4,6,10-12,19-20,22-23H2. The highest BCUT2D eigenvalue weighted by molar-refractivity contribution is 7.97. The Kier molecular flexibility index (Phi) is 11.3. The fraction of sp³-hybridized carbons (Fsp3) is 0.353. The first-order chi connectivity index (χ1) is 21.1. The van der Waals surface area contributed by atoms with Gasteiger partial charge in [-0.25, -0.2) is 4.98 Å². The van der Waals surface area contributed by atoms with Crippen LogP contribution < -0.4 is 10.3 Å². The molecule has 0 amide bonds. The lowest BCUT2D eigenvalue weighted by Crippen LogP contribution is -2.18. The van der Waals surface area contributed by atoms with Crippen molar-refractivity contribution in [3.63, 3.8) is 0 Å². The fourth-order valence-electron chi connectivity index (χ4n) is 5.34. The number of aromatic nitrogens is 3. The Hall–Kier alpha value is -3.62. The lowest BCUT2D eigenvalue weighted by Gasteiger charge is -2.15. The molecule has 224 valence electrons. The molecule has 0 radical (unpaired) electrons. The molecule has 2 aromatic carbocycles. The van der Waals surface area contributed by atoms with Gasteiger partial charge in [0.25, 0.3) is 5.56 Å². The van der Waals surface area contributed by atoms with Crippen LogP contribution in [0.2, 0.25) is 5.02 Å². The van der Waals surface area contributed by atoms with E-state index in [2.05, 4.69) is 39.9 Å². The number of ether oxygens (including phenoxy) is 1. The molecule has 0 saturated heterocycles. The molecule has 0 spiro atoms. The molecule has 2 aliphatic heterocycles. The highest BCUT2D eigenvalue weighted by Crippen LogP contribution is 2.28. The van der Waals surface area contributed by atoms with Crippen LogP contribution in [0.15, 0.2) is 82.3 Å². The Bertz CT molecular complexity index is 1590. The number of nitroso groups, excluding NO2 is 1. The number of allylic oxidation sites excluding steroid dienone is 4. The van der Waals surface area contributed by atoms with Crippen LogP contribution in [0.25, 0.3) is 11.4 Å². The summed E-state index contributed by atoms with van der Waals surface area (Å²) in [5.41, 5.74) is 5.33. The van der Waals surface area contributed by atoms with Gasteiger partial charge in [0.05, 0.1) is 23.0 Å². The van der Waals surface area contributed by atoms with Gasteiger partial charge in [0, 0.05) is 41.3 Å². The van der Waals surface area contributed by atoms with Crippen LogP contribution in [0.3, 0.4) is 0 Å². The summed E-state index contributed by atoms with van der Waals surface area (Å²) in [6.45, 7) is 0.607. The quantitative estimate of drug-likeness (QED) is 0.0772. The van der Waals surface area contributed by atoms with Crippen LogP contribution >= 0.6 is 23.5 Å². The van der Waals surface area contributed by atoms with E-state index in [4.69, 9.17) is 21.3 Å². The summed E-state index contributed by atoms with van der Waals surface area (Å²) >= 11 is 7.68. The largest absolute Gasteiger partial charge is 0.492 e. The number of H-pyrrole nitrogens is 1. The van der Waals surface area contributed by atoms with Crippen molar-refractivity contribution < 1.29 is 4.74 Å². The number of hydrogen-bond acceptors (Lipinski definition) is 6. The average molecular weight is 617 g/mol. The summed E-state index contributed by atoms with van der Waals surface area (Å²) in [6.07, 6.45) is 17.9. The van der Waals surface area contributed by atoms with Gasteiger partial charge in [0.1, 0.15) is 11.4 Å². The Morgan fingerprint density at radius 2 is 1.79 bits per heavy atom. The zero-order chi connectivity index (χ0) is 29.9. The number of unbranched alkanes of at least 4 members (excludes halogenated alkanes) is 5. The molecule has 1 aliphatic carbocycles. The number of halogens is 1. The van der Waals surface area contributed by atoms with Gasteiger partial charge in [-0.15, -0.1) is 4.91 Å². The van der Waals surface area contributed by atoms with E-state index in [0.29, 0.717) is 41.7 Å². The maximum Gasteiger partial charge on any atom is 0.278 e. The average Bonchev–Trinajstić information content (AvgIpc) is 3.34. The second-order valence-electron chi connectivity index (χ2n) is 10.8. The van der Waals surface area contributed by atoms with Crippen LogP contribution in [0, 0.1) is 4.91 Å². The summed E-state index contributed by atoms with van der Waals surface area (Å²) in [7, 11) is 0. The number of fused-ring (bicyclic) bond motifs is 1. The molecule has 0 bridgehead atoms. The van der Waals surface area contributed by atoms with Crippen molar-refractivity contribution in [1.29, 1.82) is 0 Å². The van der Waals surface area contributed by atoms with E-state index in [1.807, 2.05) is 42.6 Å². The molecule has 5 rings (SSSR count). The van der Waals surface area contributed by atoms with Gasteiger partial charge in [-0.3, -0.25) is 9.36 Å². The minimum Gasteiger partial charge on any atom is -0.492 e. The van der Waals surface area contributed by atoms with Crippen LogP contribution in [-0.2, 0) is 12.8 Å². The van der Waals surface area contributed by atoms with Crippen molar-refractivity contribution in [3.8, 4) is 11.6 Å². The lowest BCUT2D eigenvalue weighted by molar-refractivity contribution is 0.304. The number of benzene rings is 2. The smallest absolute Gasteiger partial charge is 0.278 e. The number of rotatable bonds is 16. The van der Waals surface area contributed by atoms with Gasteiger partial charge in [-0.05, 0) is 54.5 Å². The third kappa shape index (κ3) is 8.48. The van der Waals surface area contributed by atoms with E-state index < -0.39 is 0 Å². The third-order valence-corrected chi connectivity index (χ3v) is 8.46. The number of nitrogens with one attached hydrogen (secondary N) is 1. The molecule has 7 nitrogen and oxygen atoms in total. The maximum atomic E-state index is 13.6. The predicted octanol–water partition coefficient (Wildman–Crippen LogP) is 8.70. The molecule has 0 atom stereocenters. The van der Waals surface area contributed by atoms with Crippen molar-refractivity contribution in [2.24, 2.45) is 4.58 Å². The number of nitrogens with zero attached hydrogens (tertiary/aromatic N) is 3. The monoisotopic (exact) mass is 616 g/mol. The molecular formula is C34H37ClN4O3S. The van der Waals surface area contributed by atoms with Crippen molar-refractivity contribution in [2.75, 3.05) is 12.4 Å². The topological polar surface area (TPSA) is 89.3 Å². The van der Waals surface area contributed by atoms with E-state index >= 15 is 0 Å². The Balaban J connectivity index is 1.26. The second-order valence-corrected chi connectivity index (χ2v) is 12.0. The minimum absolute atomic E-state index is 0.115. The molecule has 0 saturated carbocycles. The molecular weight excluding hydrogens is 580 g/mol. The fourth-order valence-corrected chi connectivity index (χ4v) is 6.00. The normalized spacial score (nSPS) is 12.9. The Labute approximate surface area is 261 Å². The van der Waals surface area contributed by atoms with Crippen LogP contribution in [0.1, 0.15) is 79.6 Å². The first-order valence-electron chi connectivity index (χ1n) is 15.0. The van der Waals surface area contributed by atoms with Crippen molar-refractivity contribution in [1.82, 2.24) is 14.5 Å². The van der Waals surface area contributed by atoms with Gasteiger partial charge in [-0.1, -0.05) is 91.9 Å². The molecule has 1 N–H and O–H groups in total. The van der Waals surface area contributed by atoms with Crippen LogP contribution in [0.4, 0.5) is 0 Å². The zero-order valence-corrected chi connectivity index (χ0v) is 25.8. The third-order valence-electron chi connectivity index (χ3n) is 7.59. The SMILES string of the molecule is O=NSCCCCCCCCOc1ccc(Cc2nc3c(Cc4ccccc4)[nH]c(C4=CCCC=C4)cn-3c2=O)cc1Cl. The second kappa shape index (κ2) is 15.7. The summed E-state index contributed by atoms with van der Waals surface area (Å²) < 4.78 is 10.4. The molecule has 0 unspecified atom stereocenters. The maximum absolute atomic E-state index is 13.6. The summed E-state index contributed by atoms with van der Waals surface area (Å²) in [4.78, 5) is 32.1. The van der Waals surface area contributed by atoms with Gasteiger partial charge in [0.2, 0.25) is 0 Å². The predicted molar refractivity (Wildman–Crippen MR) is 177 cm³/mol. The first kappa shape index (κ1) is 30.8. The summed E-state index contributed by atoms with van der Waals surface area (Å²) in [5, 5.41) is 0.534. The van der Waals surface area contributed by atoms with Gasteiger partial charge < -0.3 is 9.72 Å². The van der Waals surface area contributed by atoms with E-state index in [1.54, 1.807) is 4.57 Å². The molecule has 2 heterocycles. The molecule has 43 heavy (non-hydrogen) atoms. The van der Waals surface area contributed by atoms with Gasteiger partial charge in [-0.2, -0.15) is 0 Å². The van der Waals surface area contributed by atoms with Gasteiger partial charge in [0.15, 0.2) is 5.82 Å². The number of hydrogen-bond donors (Lipinski definition) is 1. The van der Waals surface area contributed by atoms with Crippen molar-refractivity contribution in [2.45, 2.75) is 64.2 Å². The van der Waals surface area contributed by atoms with Crippen LogP contribution in [0.5, 0.6) is 5.75 Å². The first-order valence-corrected chi connectivity index (χ1v) is 16.3. The van der Waals surface area contributed by atoms with Crippen molar-refractivity contribution >= 4 is 29.1 Å². The van der Waals surface area contributed by atoms with Crippen molar-refractivity contribution in [3.05, 3.63) is 121 Å². The summed E-state index contributed by atoms with van der Waals surface area (Å²) in [6, 6.07) is 15.9. The molecule has 3 aliphatic rings. The van der Waals surface area contributed by atoms with E-state index in [0.717, 1.165) is 97.2 Å². The van der Waals surface area contributed by atoms with E-state index in [1.165, 1.54) is 0 Å². The Morgan fingerprint density at radius 3 is 2.56 bits per heavy atom. The van der Waals surface area contributed by atoms with Crippen LogP contribution in [-0.4, -0.2) is 26.9 Å². The molecule has 9 heteroatoms. The minimum atomic E-state index is -0.115. The zero-order valence-electron chi connectivity index (χ0n) is 24.3. The van der Waals surface area contributed by atoms with E-state index in [9.17, 15) is 9.70 Å². The van der Waals surface area contributed by atoms with Gasteiger partial charge >= 0.3 is 0 Å².